The molecular weight excluding hydrogens is 266 g/mol. The zero-order valence-corrected chi connectivity index (χ0v) is 11.0. The molecule has 0 aromatic heterocycles. The lowest BCUT2D eigenvalue weighted by Gasteiger charge is -2.27. The second kappa shape index (κ2) is 5.19. The molecule has 1 aromatic rings. The lowest BCUT2D eigenvalue weighted by molar-refractivity contribution is 0.156. The monoisotopic (exact) mass is 283 g/mol. The number of hydrogen-bond donors (Lipinski definition) is 1. The fraction of sp³-hybridized carbons (Fsp3) is 0.538. The summed E-state index contributed by atoms with van der Waals surface area (Å²) in [6, 6.07) is 7.97. The van der Waals surface area contributed by atoms with Crippen molar-refractivity contribution in [3.63, 3.8) is 0 Å². The van der Waals surface area contributed by atoms with E-state index in [4.69, 9.17) is 10.5 Å². The van der Waals surface area contributed by atoms with Crippen molar-refractivity contribution < 1.29 is 4.74 Å². The van der Waals surface area contributed by atoms with Crippen LogP contribution in [-0.2, 0) is 0 Å². The largest absolute Gasteiger partial charge is 0.492 e. The summed E-state index contributed by atoms with van der Waals surface area (Å²) in [5.41, 5.74) is 6.10. The molecule has 2 rings (SSSR count). The van der Waals surface area contributed by atoms with Crippen LogP contribution in [0.2, 0.25) is 0 Å². The van der Waals surface area contributed by atoms with Crippen molar-refractivity contribution in [3.8, 4) is 5.75 Å². The lowest BCUT2D eigenvalue weighted by Crippen LogP contribution is -2.33. The average Bonchev–Trinajstić information content (AvgIpc) is 2.78. The van der Waals surface area contributed by atoms with Crippen LogP contribution in [0.25, 0.3) is 0 Å². The molecule has 1 aliphatic carbocycles. The minimum absolute atomic E-state index is 0.218. The molecule has 0 amide bonds. The van der Waals surface area contributed by atoms with Crippen molar-refractivity contribution >= 4 is 15.9 Å². The Morgan fingerprint density at radius 2 is 1.94 bits per heavy atom. The van der Waals surface area contributed by atoms with E-state index in [1.807, 2.05) is 24.3 Å². The van der Waals surface area contributed by atoms with Crippen molar-refractivity contribution in [1.29, 1.82) is 0 Å². The van der Waals surface area contributed by atoms with Gasteiger partial charge in [-0.2, -0.15) is 0 Å². The Bertz CT molecular complexity index is 348. The van der Waals surface area contributed by atoms with Crippen LogP contribution in [0.4, 0.5) is 0 Å². The molecule has 0 bridgehead atoms. The first kappa shape index (κ1) is 11.9. The number of rotatable bonds is 4. The van der Waals surface area contributed by atoms with Crippen LogP contribution < -0.4 is 10.5 Å². The van der Waals surface area contributed by atoms with Gasteiger partial charge in [-0.1, -0.05) is 25.0 Å². The van der Waals surface area contributed by atoms with Crippen molar-refractivity contribution in [2.45, 2.75) is 25.7 Å². The number of ether oxygens (including phenoxy) is 1. The Labute approximate surface area is 105 Å². The molecule has 2 N–H and O–H groups in total. The van der Waals surface area contributed by atoms with Gasteiger partial charge in [0.15, 0.2) is 0 Å². The third-order valence-electron chi connectivity index (χ3n) is 3.47. The minimum atomic E-state index is 0.218. The molecule has 2 nitrogen and oxygen atoms in total. The van der Waals surface area contributed by atoms with Crippen LogP contribution in [0.3, 0.4) is 0 Å². The molecule has 0 unspecified atom stereocenters. The van der Waals surface area contributed by atoms with Gasteiger partial charge in [0.05, 0.1) is 11.1 Å². The third-order valence-corrected chi connectivity index (χ3v) is 4.12. The minimum Gasteiger partial charge on any atom is -0.492 e. The van der Waals surface area contributed by atoms with Crippen molar-refractivity contribution in [2.24, 2.45) is 11.1 Å². The highest BCUT2D eigenvalue weighted by Crippen LogP contribution is 2.38. The van der Waals surface area contributed by atoms with E-state index in [0.29, 0.717) is 0 Å². The van der Waals surface area contributed by atoms with Crippen LogP contribution in [0.5, 0.6) is 5.75 Å². The highest BCUT2D eigenvalue weighted by molar-refractivity contribution is 9.10. The fourth-order valence-corrected chi connectivity index (χ4v) is 2.72. The van der Waals surface area contributed by atoms with E-state index in [2.05, 4.69) is 15.9 Å². The molecule has 16 heavy (non-hydrogen) atoms. The van der Waals surface area contributed by atoms with Gasteiger partial charge >= 0.3 is 0 Å². The van der Waals surface area contributed by atoms with E-state index in [0.717, 1.165) is 23.4 Å². The Kier molecular flexibility index (Phi) is 3.87. The molecule has 0 atom stereocenters. The van der Waals surface area contributed by atoms with Gasteiger partial charge in [0, 0.05) is 12.0 Å². The van der Waals surface area contributed by atoms with Crippen LogP contribution in [0, 0.1) is 5.41 Å². The first-order valence-electron chi connectivity index (χ1n) is 5.83. The molecule has 1 aliphatic rings. The fourth-order valence-electron chi connectivity index (χ4n) is 2.33. The van der Waals surface area contributed by atoms with Crippen molar-refractivity contribution in [1.82, 2.24) is 0 Å². The standard InChI is InChI=1S/C13H18BrNO/c14-11-5-1-2-6-12(11)16-10-13(9-15)7-3-4-8-13/h1-2,5-6H,3-4,7-10,15H2. The number of hydrogen-bond acceptors (Lipinski definition) is 2. The molecule has 0 radical (unpaired) electrons. The van der Waals surface area contributed by atoms with Gasteiger partial charge in [0.1, 0.15) is 5.75 Å². The van der Waals surface area contributed by atoms with Crippen LogP contribution in [0.1, 0.15) is 25.7 Å². The summed E-state index contributed by atoms with van der Waals surface area (Å²) in [7, 11) is 0. The average molecular weight is 284 g/mol. The molecule has 0 saturated heterocycles. The molecule has 1 aromatic carbocycles. The summed E-state index contributed by atoms with van der Waals surface area (Å²) in [4.78, 5) is 0. The van der Waals surface area contributed by atoms with Gasteiger partial charge in [0.25, 0.3) is 0 Å². The Balaban J connectivity index is 1.98. The Morgan fingerprint density at radius 3 is 2.56 bits per heavy atom. The van der Waals surface area contributed by atoms with Crippen molar-refractivity contribution in [3.05, 3.63) is 28.7 Å². The van der Waals surface area contributed by atoms with E-state index >= 15 is 0 Å². The normalized spacial score (nSPS) is 18.6. The van der Waals surface area contributed by atoms with E-state index in [1.54, 1.807) is 0 Å². The highest BCUT2D eigenvalue weighted by atomic mass is 79.9. The summed E-state index contributed by atoms with van der Waals surface area (Å²) in [5.74, 6) is 0.919. The molecule has 0 aliphatic heterocycles. The predicted octanol–water partition coefficient (Wildman–Crippen LogP) is 3.35. The van der Waals surface area contributed by atoms with E-state index in [1.165, 1.54) is 25.7 Å². The predicted molar refractivity (Wildman–Crippen MR) is 69.6 cm³/mol. The molecule has 0 spiro atoms. The molecule has 1 fully saturated rings. The first-order chi connectivity index (χ1) is 7.76. The van der Waals surface area contributed by atoms with Gasteiger partial charge in [-0.25, -0.2) is 0 Å². The molecule has 3 heteroatoms. The van der Waals surface area contributed by atoms with E-state index < -0.39 is 0 Å². The number of benzene rings is 1. The summed E-state index contributed by atoms with van der Waals surface area (Å²) in [6.45, 7) is 1.48. The molecule has 88 valence electrons. The summed E-state index contributed by atoms with van der Waals surface area (Å²) in [6.07, 6.45) is 4.98. The third kappa shape index (κ3) is 2.58. The quantitative estimate of drug-likeness (QED) is 0.920. The van der Waals surface area contributed by atoms with Crippen LogP contribution >= 0.6 is 15.9 Å². The summed E-state index contributed by atoms with van der Waals surface area (Å²) in [5, 5.41) is 0. The van der Waals surface area contributed by atoms with Gasteiger partial charge in [0.2, 0.25) is 0 Å². The van der Waals surface area contributed by atoms with E-state index in [-0.39, 0.29) is 5.41 Å². The maximum absolute atomic E-state index is 5.89. The summed E-state index contributed by atoms with van der Waals surface area (Å²) < 4.78 is 6.90. The smallest absolute Gasteiger partial charge is 0.133 e. The zero-order valence-electron chi connectivity index (χ0n) is 9.42. The Hall–Kier alpha value is -0.540. The number of para-hydroxylation sites is 1. The van der Waals surface area contributed by atoms with Crippen LogP contribution in [0.15, 0.2) is 28.7 Å². The molecule has 1 saturated carbocycles. The zero-order chi connectivity index (χ0) is 11.4. The second-order valence-corrected chi connectivity index (χ2v) is 5.48. The maximum atomic E-state index is 5.89. The SMILES string of the molecule is NCC1(COc2ccccc2Br)CCCC1. The van der Waals surface area contributed by atoms with E-state index in [9.17, 15) is 0 Å². The maximum Gasteiger partial charge on any atom is 0.133 e. The van der Waals surface area contributed by atoms with Gasteiger partial charge in [-0.15, -0.1) is 0 Å². The topological polar surface area (TPSA) is 35.2 Å². The molecule has 0 heterocycles. The number of nitrogens with two attached hydrogens (primary N) is 1. The van der Waals surface area contributed by atoms with Gasteiger partial charge in [-0.05, 0) is 40.9 Å². The van der Waals surface area contributed by atoms with Crippen molar-refractivity contribution in [2.75, 3.05) is 13.2 Å². The number of halogens is 1. The van der Waals surface area contributed by atoms with Crippen LogP contribution in [-0.4, -0.2) is 13.2 Å². The first-order valence-corrected chi connectivity index (χ1v) is 6.62. The highest BCUT2D eigenvalue weighted by Gasteiger charge is 2.33. The van der Waals surface area contributed by atoms with Gasteiger partial charge in [-0.3, -0.25) is 0 Å². The Morgan fingerprint density at radius 1 is 1.25 bits per heavy atom. The molecular formula is C13H18BrNO. The summed E-state index contributed by atoms with van der Waals surface area (Å²) >= 11 is 3.49. The lowest BCUT2D eigenvalue weighted by atomic mass is 9.87. The second-order valence-electron chi connectivity index (χ2n) is 4.63. The van der Waals surface area contributed by atoms with Gasteiger partial charge < -0.3 is 10.5 Å².